The van der Waals surface area contributed by atoms with Gasteiger partial charge in [0, 0.05) is 11.6 Å². The lowest BCUT2D eigenvalue weighted by Gasteiger charge is -2.30. The molecule has 0 radical (unpaired) electrons. The lowest BCUT2D eigenvalue weighted by molar-refractivity contribution is 0.0912. The zero-order valence-corrected chi connectivity index (χ0v) is 17.7. The maximum absolute atomic E-state index is 12.9. The Morgan fingerprint density at radius 1 is 1.25 bits per heavy atom. The molecule has 6 nitrogen and oxygen atoms in total. The summed E-state index contributed by atoms with van der Waals surface area (Å²) in [4.78, 5) is 14.8. The SMILES string of the molecule is CN1CCC[C@H]1[C@H](NC(=O)c1ccc(Cl)c(S(N)(=O)=O)c1)c1ccccc1.Cl. The summed E-state index contributed by atoms with van der Waals surface area (Å²) in [5.74, 6) is -0.370. The number of hydrogen-bond donors (Lipinski definition) is 2. The highest BCUT2D eigenvalue weighted by molar-refractivity contribution is 7.89. The molecule has 2 aromatic carbocycles. The molecule has 2 atom stereocenters. The van der Waals surface area contributed by atoms with Gasteiger partial charge in [-0.05, 0) is 50.2 Å². The third kappa shape index (κ3) is 5.04. The van der Waals surface area contributed by atoms with Gasteiger partial charge in [0.1, 0.15) is 4.90 Å². The molecule has 0 unspecified atom stereocenters. The van der Waals surface area contributed by atoms with Gasteiger partial charge in [-0.3, -0.25) is 4.79 Å². The number of rotatable bonds is 5. The van der Waals surface area contributed by atoms with Crippen LogP contribution >= 0.6 is 24.0 Å². The third-order valence-electron chi connectivity index (χ3n) is 4.91. The molecule has 0 aliphatic carbocycles. The largest absolute Gasteiger partial charge is 0.344 e. The topological polar surface area (TPSA) is 92.5 Å². The number of carbonyl (C=O) groups is 1. The molecule has 1 saturated heterocycles. The first kappa shape index (κ1) is 22.6. The van der Waals surface area contributed by atoms with Crippen LogP contribution in [0.2, 0.25) is 5.02 Å². The number of primary sulfonamides is 1. The highest BCUT2D eigenvalue weighted by Crippen LogP contribution is 2.29. The summed E-state index contributed by atoms with van der Waals surface area (Å²) < 4.78 is 23.4. The second-order valence-corrected chi connectivity index (χ2v) is 8.68. The fourth-order valence-corrected chi connectivity index (χ4v) is 4.58. The number of halogens is 2. The van der Waals surface area contributed by atoms with E-state index in [2.05, 4.69) is 10.2 Å². The number of nitrogens with zero attached hydrogens (tertiary/aromatic N) is 1. The minimum absolute atomic E-state index is 0. The molecule has 0 aromatic heterocycles. The first-order valence-corrected chi connectivity index (χ1v) is 10.6. The van der Waals surface area contributed by atoms with Crippen LogP contribution in [0.15, 0.2) is 53.4 Å². The summed E-state index contributed by atoms with van der Waals surface area (Å²) in [5.41, 5.74) is 1.20. The zero-order chi connectivity index (χ0) is 19.6. The van der Waals surface area contributed by atoms with Crippen LogP contribution in [0.4, 0.5) is 0 Å². The average Bonchev–Trinajstić information content (AvgIpc) is 3.05. The van der Waals surface area contributed by atoms with E-state index in [0.717, 1.165) is 24.9 Å². The van der Waals surface area contributed by atoms with Crippen LogP contribution in [0.25, 0.3) is 0 Å². The van der Waals surface area contributed by atoms with Gasteiger partial charge in [0.2, 0.25) is 10.0 Å². The Morgan fingerprint density at radius 3 is 2.50 bits per heavy atom. The van der Waals surface area contributed by atoms with E-state index in [0.29, 0.717) is 0 Å². The highest BCUT2D eigenvalue weighted by atomic mass is 35.5. The van der Waals surface area contributed by atoms with Gasteiger partial charge in [0.25, 0.3) is 5.91 Å². The summed E-state index contributed by atoms with van der Waals surface area (Å²) in [5, 5.41) is 8.24. The van der Waals surface area contributed by atoms with Gasteiger partial charge in [-0.1, -0.05) is 41.9 Å². The first-order valence-electron chi connectivity index (χ1n) is 8.66. The highest BCUT2D eigenvalue weighted by Gasteiger charge is 2.32. The molecule has 152 valence electrons. The van der Waals surface area contributed by atoms with E-state index in [1.807, 2.05) is 37.4 Å². The fourth-order valence-electron chi connectivity index (χ4n) is 3.51. The Morgan fingerprint density at radius 2 is 1.93 bits per heavy atom. The molecule has 1 aliphatic heterocycles. The van der Waals surface area contributed by atoms with Crippen molar-refractivity contribution >= 4 is 39.9 Å². The molecular weight excluding hydrogens is 421 g/mol. The smallest absolute Gasteiger partial charge is 0.251 e. The van der Waals surface area contributed by atoms with Crippen LogP contribution < -0.4 is 10.5 Å². The van der Waals surface area contributed by atoms with Crippen molar-refractivity contribution in [2.75, 3.05) is 13.6 Å². The summed E-state index contributed by atoms with van der Waals surface area (Å²) in [6, 6.07) is 13.8. The Kier molecular flexibility index (Phi) is 7.47. The number of sulfonamides is 1. The second kappa shape index (κ2) is 9.24. The van der Waals surface area contributed by atoms with Crippen LogP contribution in [0, 0.1) is 0 Å². The molecule has 1 aliphatic rings. The molecule has 0 spiro atoms. The number of carbonyl (C=O) groups excluding carboxylic acids is 1. The molecule has 1 amide bonds. The van der Waals surface area contributed by atoms with Crippen molar-refractivity contribution in [3.63, 3.8) is 0 Å². The number of amides is 1. The van der Waals surface area contributed by atoms with Crippen molar-refractivity contribution in [1.82, 2.24) is 10.2 Å². The third-order valence-corrected chi connectivity index (χ3v) is 6.30. The Balaban J connectivity index is 0.00000280. The minimum Gasteiger partial charge on any atom is -0.344 e. The molecule has 1 fully saturated rings. The molecule has 28 heavy (non-hydrogen) atoms. The Bertz CT molecular complexity index is 939. The monoisotopic (exact) mass is 443 g/mol. The van der Waals surface area contributed by atoms with Crippen molar-refractivity contribution in [1.29, 1.82) is 0 Å². The maximum Gasteiger partial charge on any atom is 0.251 e. The number of likely N-dealkylation sites (N-methyl/N-ethyl adjacent to an activating group) is 1. The minimum atomic E-state index is -4.01. The average molecular weight is 444 g/mol. The van der Waals surface area contributed by atoms with Gasteiger partial charge < -0.3 is 10.2 Å². The summed E-state index contributed by atoms with van der Waals surface area (Å²) >= 11 is 5.91. The van der Waals surface area contributed by atoms with E-state index < -0.39 is 10.0 Å². The van der Waals surface area contributed by atoms with Crippen molar-refractivity contribution in [2.24, 2.45) is 5.14 Å². The van der Waals surface area contributed by atoms with Gasteiger partial charge in [-0.25, -0.2) is 13.6 Å². The summed E-state index contributed by atoms with van der Waals surface area (Å²) in [6.45, 7) is 0.973. The van der Waals surface area contributed by atoms with Gasteiger partial charge >= 0.3 is 0 Å². The summed E-state index contributed by atoms with van der Waals surface area (Å²) in [7, 11) is -1.97. The second-order valence-electron chi connectivity index (χ2n) is 6.74. The van der Waals surface area contributed by atoms with Crippen LogP contribution in [0.5, 0.6) is 0 Å². The molecule has 0 bridgehead atoms. The van der Waals surface area contributed by atoms with E-state index >= 15 is 0 Å². The number of nitrogens with one attached hydrogen (secondary N) is 1. The molecule has 0 saturated carbocycles. The molecule has 3 rings (SSSR count). The summed E-state index contributed by atoms with van der Waals surface area (Å²) in [6.07, 6.45) is 2.04. The van der Waals surface area contributed by atoms with E-state index in [-0.39, 0.29) is 45.9 Å². The number of benzene rings is 2. The predicted octanol–water partition coefficient (Wildman–Crippen LogP) is 2.97. The van der Waals surface area contributed by atoms with Crippen LogP contribution in [-0.4, -0.2) is 38.9 Å². The molecule has 3 N–H and O–H groups in total. The molecule has 1 heterocycles. The predicted molar refractivity (Wildman–Crippen MR) is 112 cm³/mol. The lowest BCUT2D eigenvalue weighted by atomic mass is 9.97. The van der Waals surface area contributed by atoms with Crippen molar-refractivity contribution < 1.29 is 13.2 Å². The molecular formula is C19H23Cl2N3O3S. The zero-order valence-electron chi connectivity index (χ0n) is 15.3. The van der Waals surface area contributed by atoms with Crippen molar-refractivity contribution in [3.05, 3.63) is 64.7 Å². The van der Waals surface area contributed by atoms with Gasteiger partial charge in [-0.15, -0.1) is 12.4 Å². The van der Waals surface area contributed by atoms with E-state index in [4.69, 9.17) is 16.7 Å². The maximum atomic E-state index is 12.9. The number of nitrogens with two attached hydrogens (primary N) is 1. The lowest BCUT2D eigenvalue weighted by Crippen LogP contribution is -2.41. The fraction of sp³-hybridized carbons (Fsp3) is 0.316. The van der Waals surface area contributed by atoms with Crippen molar-refractivity contribution in [3.8, 4) is 0 Å². The van der Waals surface area contributed by atoms with Gasteiger partial charge in [-0.2, -0.15) is 0 Å². The molecule has 2 aromatic rings. The van der Waals surface area contributed by atoms with Crippen molar-refractivity contribution in [2.45, 2.75) is 29.8 Å². The van der Waals surface area contributed by atoms with Crippen LogP contribution in [0.3, 0.4) is 0 Å². The van der Waals surface area contributed by atoms with E-state index in [1.54, 1.807) is 0 Å². The standard InChI is InChI=1S/C19H22ClN3O3S.ClH/c1-23-11-5-8-16(23)18(13-6-3-2-4-7-13)22-19(24)14-9-10-15(20)17(12-14)27(21,25)26;/h2-4,6-7,9-10,12,16,18H,5,8,11H2,1H3,(H,22,24)(H2,21,25,26);1H/t16-,18+;/m0./s1. The quantitative estimate of drug-likeness (QED) is 0.742. The van der Waals surface area contributed by atoms with Crippen LogP contribution in [-0.2, 0) is 10.0 Å². The van der Waals surface area contributed by atoms with Gasteiger partial charge in [0.05, 0.1) is 11.1 Å². The van der Waals surface area contributed by atoms with E-state index in [1.165, 1.54) is 18.2 Å². The first-order chi connectivity index (χ1) is 12.8. The number of hydrogen-bond acceptors (Lipinski definition) is 4. The van der Waals surface area contributed by atoms with E-state index in [9.17, 15) is 13.2 Å². The Labute approximate surface area is 176 Å². The van der Waals surface area contributed by atoms with Crippen LogP contribution in [0.1, 0.15) is 34.8 Å². The molecule has 9 heteroatoms. The van der Waals surface area contributed by atoms with Gasteiger partial charge in [0.15, 0.2) is 0 Å². The Hall–Kier alpha value is -1.64. The number of likely N-dealkylation sites (tertiary alicyclic amines) is 1. The normalized spacial score (nSPS) is 18.3.